The normalized spacial score (nSPS) is 13.1. The number of nitrogens with one attached hydrogen (secondary N) is 3. The minimum atomic E-state index is 0.497. The Bertz CT molecular complexity index is 353. The maximum atomic E-state index is 5.50. The second-order valence-electron chi connectivity index (χ2n) is 3.99. The van der Waals surface area contributed by atoms with Crippen molar-refractivity contribution in [1.29, 1.82) is 0 Å². The first kappa shape index (κ1) is 31.6. The number of hydrogen-bond donors (Lipinski definition) is 4. The second kappa shape index (κ2) is 30.7. The molecule has 0 amide bonds. The van der Waals surface area contributed by atoms with Gasteiger partial charge in [-0.15, -0.1) is 13.2 Å². The fourth-order valence-corrected chi connectivity index (χ4v) is 1.59. The van der Waals surface area contributed by atoms with Crippen LogP contribution in [-0.4, -0.2) is 24.0 Å². The van der Waals surface area contributed by atoms with Gasteiger partial charge in [0.1, 0.15) is 5.82 Å². The largest absolute Gasteiger partial charge is 0.385 e. The van der Waals surface area contributed by atoms with Gasteiger partial charge in [0, 0.05) is 25.5 Å². The van der Waals surface area contributed by atoms with Crippen molar-refractivity contribution in [2.75, 3.05) is 13.1 Å². The zero-order valence-corrected chi connectivity index (χ0v) is 18.5. The monoisotopic (exact) mass is 367 g/mol. The summed E-state index contributed by atoms with van der Waals surface area (Å²) in [6.45, 7) is 23.9. The van der Waals surface area contributed by atoms with E-state index in [9.17, 15) is 0 Å². The minimum Gasteiger partial charge on any atom is -0.385 e. The van der Waals surface area contributed by atoms with E-state index in [0.29, 0.717) is 6.04 Å². The van der Waals surface area contributed by atoms with Gasteiger partial charge in [-0.25, -0.2) is 5.84 Å². The Balaban J connectivity index is -0.000000266. The first-order valence-corrected chi connectivity index (χ1v) is 9.64. The number of allylic oxidation sites excluding steroid dienone is 4. The van der Waals surface area contributed by atoms with Crippen molar-refractivity contribution >= 4 is 0 Å². The molecule has 1 aliphatic heterocycles. The quantitative estimate of drug-likeness (QED) is 0.229. The zero-order chi connectivity index (χ0) is 21.2. The lowest BCUT2D eigenvalue weighted by molar-refractivity contribution is 0.169. The maximum Gasteiger partial charge on any atom is 0.132 e. The molecule has 0 radical (unpaired) electrons. The van der Waals surface area contributed by atoms with Crippen LogP contribution in [0.25, 0.3) is 0 Å². The number of likely N-dealkylation sites (tertiary alicyclic amines) is 1. The van der Waals surface area contributed by atoms with Crippen LogP contribution in [0.3, 0.4) is 0 Å². The van der Waals surface area contributed by atoms with Gasteiger partial charge in [0.25, 0.3) is 0 Å². The van der Waals surface area contributed by atoms with Crippen LogP contribution in [-0.2, 0) is 0 Å². The lowest BCUT2D eigenvalue weighted by atomic mass is 10.1. The van der Waals surface area contributed by atoms with Gasteiger partial charge in [0.15, 0.2) is 0 Å². The molecule has 0 aromatic heterocycles. The van der Waals surface area contributed by atoms with Gasteiger partial charge in [-0.1, -0.05) is 59.8 Å². The molecule has 1 heterocycles. The van der Waals surface area contributed by atoms with Gasteiger partial charge in [0.05, 0.1) is 6.04 Å². The Hall–Kier alpha value is -2.14. The van der Waals surface area contributed by atoms with E-state index in [0.717, 1.165) is 18.9 Å². The van der Waals surface area contributed by atoms with E-state index in [-0.39, 0.29) is 0 Å². The predicted molar refractivity (Wildman–Crippen MR) is 121 cm³/mol. The van der Waals surface area contributed by atoms with Gasteiger partial charge in [-0.2, -0.15) is 0 Å². The fraction of sp³-hybridized carbons (Fsp3) is 0.524. The van der Waals surface area contributed by atoms with Crippen molar-refractivity contribution < 1.29 is 0 Å². The van der Waals surface area contributed by atoms with Crippen molar-refractivity contribution in [3.63, 3.8) is 0 Å². The van der Waals surface area contributed by atoms with Crippen LogP contribution in [0.5, 0.6) is 0 Å². The average Bonchev–Trinajstić information content (AvgIpc) is 2.71. The summed E-state index contributed by atoms with van der Waals surface area (Å²) in [6.07, 6.45) is 13.5. The van der Waals surface area contributed by atoms with Crippen molar-refractivity contribution in [3.05, 3.63) is 61.9 Å². The van der Waals surface area contributed by atoms with Crippen molar-refractivity contribution in [2.45, 2.75) is 61.4 Å². The highest BCUT2D eigenvalue weighted by molar-refractivity contribution is 5.08. The lowest BCUT2D eigenvalue weighted by Gasteiger charge is -2.41. The highest BCUT2D eigenvalue weighted by Gasteiger charge is 2.26. The summed E-state index contributed by atoms with van der Waals surface area (Å²) in [5.41, 5.74) is 2.70. The van der Waals surface area contributed by atoms with E-state index in [1.807, 2.05) is 98.3 Å². The third-order valence-electron chi connectivity index (χ3n) is 2.58. The van der Waals surface area contributed by atoms with Crippen LogP contribution >= 0.6 is 0 Å². The summed E-state index contributed by atoms with van der Waals surface area (Å²) >= 11 is 0. The number of nitrogens with zero attached hydrogens (tertiary/aromatic N) is 1. The molecule has 5 N–H and O–H groups in total. The zero-order valence-electron chi connectivity index (χ0n) is 18.5. The highest BCUT2D eigenvalue weighted by Crippen LogP contribution is 2.12. The summed E-state index contributed by atoms with van der Waals surface area (Å²) in [6, 6.07) is 0.497. The molecule has 0 aromatic carbocycles. The molecular weight excluding hydrogens is 322 g/mol. The molecule has 0 aliphatic carbocycles. The summed E-state index contributed by atoms with van der Waals surface area (Å²) in [5, 5.41) is 6.37. The Morgan fingerprint density at radius 1 is 0.923 bits per heavy atom. The van der Waals surface area contributed by atoms with Crippen LogP contribution < -0.4 is 21.9 Å². The van der Waals surface area contributed by atoms with Crippen LogP contribution in [0, 0.1) is 0 Å². The molecule has 154 valence electrons. The standard InChI is InChI=1S/C13H23N5.3C2H6.C2H4/c1-3-5-6-8-15-9-13(17-14)18-10-12(11-18)16-7-4-2;4*1-2/h3-9,12,15-17H,10-11,14H2,1-2H3;3*1-2H3;1-2H2/b5-3-,7-4-,8-6-,13-9+;;;;. The van der Waals surface area contributed by atoms with Crippen molar-refractivity contribution in [1.82, 2.24) is 21.0 Å². The molecule has 26 heavy (non-hydrogen) atoms. The minimum absolute atomic E-state index is 0.497. The molecule has 0 bridgehead atoms. The Morgan fingerprint density at radius 2 is 1.46 bits per heavy atom. The van der Waals surface area contributed by atoms with E-state index in [1.165, 1.54) is 0 Å². The summed E-state index contributed by atoms with van der Waals surface area (Å²) in [4.78, 5) is 2.16. The van der Waals surface area contributed by atoms with Crippen LogP contribution in [0.15, 0.2) is 61.9 Å². The van der Waals surface area contributed by atoms with Crippen LogP contribution in [0.4, 0.5) is 0 Å². The summed E-state index contributed by atoms with van der Waals surface area (Å²) in [7, 11) is 0. The van der Waals surface area contributed by atoms with Gasteiger partial charge < -0.3 is 21.0 Å². The molecule has 5 heteroatoms. The fourth-order valence-electron chi connectivity index (χ4n) is 1.59. The van der Waals surface area contributed by atoms with E-state index in [2.05, 4.69) is 34.1 Å². The molecule has 1 aliphatic rings. The molecule has 0 spiro atoms. The van der Waals surface area contributed by atoms with E-state index >= 15 is 0 Å². The number of hydrogen-bond acceptors (Lipinski definition) is 5. The van der Waals surface area contributed by atoms with Gasteiger partial charge in [-0.3, -0.25) is 0 Å². The number of hydrazine groups is 1. The summed E-state index contributed by atoms with van der Waals surface area (Å²) < 4.78 is 0. The molecule has 1 saturated heterocycles. The highest BCUT2D eigenvalue weighted by atomic mass is 15.4. The van der Waals surface area contributed by atoms with Gasteiger partial charge in [-0.05, 0) is 26.1 Å². The molecule has 1 fully saturated rings. The molecule has 5 nitrogen and oxygen atoms in total. The maximum absolute atomic E-state index is 5.50. The molecule has 0 unspecified atom stereocenters. The van der Waals surface area contributed by atoms with E-state index in [4.69, 9.17) is 5.84 Å². The molecule has 1 rings (SSSR count). The third kappa shape index (κ3) is 18.2. The molecular formula is C21H45N5. The van der Waals surface area contributed by atoms with Crippen molar-refractivity contribution in [2.24, 2.45) is 5.84 Å². The van der Waals surface area contributed by atoms with Gasteiger partial charge >= 0.3 is 0 Å². The van der Waals surface area contributed by atoms with Gasteiger partial charge in [0.2, 0.25) is 0 Å². The third-order valence-corrected chi connectivity index (χ3v) is 2.58. The number of nitrogens with two attached hydrogens (primary N) is 1. The Morgan fingerprint density at radius 3 is 1.88 bits per heavy atom. The Kier molecular flexibility index (Phi) is 37.3. The van der Waals surface area contributed by atoms with Crippen LogP contribution in [0.2, 0.25) is 0 Å². The summed E-state index contributed by atoms with van der Waals surface area (Å²) in [5.74, 6) is 6.38. The lowest BCUT2D eigenvalue weighted by Crippen LogP contribution is -2.58. The van der Waals surface area contributed by atoms with Crippen LogP contribution in [0.1, 0.15) is 55.4 Å². The smallest absolute Gasteiger partial charge is 0.132 e. The number of rotatable bonds is 7. The first-order chi connectivity index (χ1) is 12.8. The molecule has 0 atom stereocenters. The second-order valence-corrected chi connectivity index (χ2v) is 3.99. The van der Waals surface area contributed by atoms with E-state index in [1.54, 1.807) is 0 Å². The molecule has 0 aromatic rings. The Labute approximate surface area is 163 Å². The SMILES string of the molecule is C/C=C\C=C/N/C=C(\NN)N1CC(N/C=C\C)C1.C=C.CC.CC.CC. The topological polar surface area (TPSA) is 65.3 Å². The first-order valence-electron chi connectivity index (χ1n) is 9.64. The molecule has 0 saturated carbocycles. The van der Waals surface area contributed by atoms with E-state index < -0.39 is 0 Å². The average molecular weight is 368 g/mol. The van der Waals surface area contributed by atoms with Crippen molar-refractivity contribution in [3.8, 4) is 0 Å². The predicted octanol–water partition coefficient (Wildman–Crippen LogP) is 4.62.